The molecule has 6 nitrogen and oxygen atoms in total. The highest BCUT2D eigenvalue weighted by atomic mass is 16.2. The predicted molar refractivity (Wildman–Crippen MR) is 106 cm³/mol. The number of carbonyl (C=O) groups excluding carboxylic acids is 2. The Morgan fingerprint density at radius 2 is 1.81 bits per heavy atom. The van der Waals surface area contributed by atoms with E-state index in [1.165, 1.54) is 0 Å². The van der Waals surface area contributed by atoms with Gasteiger partial charge in [-0.1, -0.05) is 12.1 Å². The Kier molecular flexibility index (Phi) is 5.09. The Labute approximate surface area is 160 Å². The summed E-state index contributed by atoms with van der Waals surface area (Å²) in [5, 5.41) is 10.3. The van der Waals surface area contributed by atoms with E-state index in [4.69, 9.17) is 0 Å². The molecule has 1 atom stereocenters. The molecule has 1 fully saturated rings. The Morgan fingerprint density at radius 3 is 2.33 bits per heavy atom. The molecule has 0 bridgehead atoms. The topological polar surface area (TPSA) is 76.0 Å². The average molecular weight is 368 g/mol. The van der Waals surface area contributed by atoms with Crippen molar-refractivity contribution in [1.29, 1.82) is 0 Å². The second-order valence-electron chi connectivity index (χ2n) is 8.31. The SMILES string of the molecule is Cc1c(C(=O)NC(C)c2ccc(NC(=O)C3CC3)cc2)cnn1C(C)(C)C. The molecule has 2 amide bonds. The standard InChI is InChI=1S/C21H28N4O2/c1-13(15-8-10-17(11-9-15)24-19(26)16-6-7-16)23-20(27)18-12-22-25(14(18)2)21(3,4)5/h8-13,16H,6-7H2,1-5H3,(H,23,27)(H,24,26). The summed E-state index contributed by atoms with van der Waals surface area (Å²) in [7, 11) is 0. The van der Waals surface area contributed by atoms with Gasteiger partial charge in [0.25, 0.3) is 5.91 Å². The fourth-order valence-corrected chi connectivity index (χ4v) is 3.11. The molecule has 144 valence electrons. The quantitative estimate of drug-likeness (QED) is 0.843. The lowest BCUT2D eigenvalue weighted by Gasteiger charge is -2.21. The number of anilines is 1. The van der Waals surface area contributed by atoms with Crippen molar-refractivity contribution in [1.82, 2.24) is 15.1 Å². The van der Waals surface area contributed by atoms with Gasteiger partial charge in [-0.25, -0.2) is 0 Å². The lowest BCUT2D eigenvalue weighted by atomic mass is 10.1. The molecule has 0 radical (unpaired) electrons. The molecule has 2 N–H and O–H groups in total. The highest BCUT2D eigenvalue weighted by molar-refractivity contribution is 5.95. The van der Waals surface area contributed by atoms with E-state index in [-0.39, 0.29) is 29.3 Å². The summed E-state index contributed by atoms with van der Waals surface area (Å²) in [5.41, 5.74) is 3.04. The van der Waals surface area contributed by atoms with E-state index >= 15 is 0 Å². The highest BCUT2D eigenvalue weighted by Crippen LogP contribution is 2.30. The minimum Gasteiger partial charge on any atom is -0.345 e. The maximum absolute atomic E-state index is 12.7. The van der Waals surface area contributed by atoms with E-state index in [2.05, 4.69) is 36.5 Å². The smallest absolute Gasteiger partial charge is 0.255 e. The number of hydrogen-bond donors (Lipinski definition) is 2. The molecule has 1 heterocycles. The molecule has 6 heteroatoms. The van der Waals surface area contributed by atoms with E-state index in [9.17, 15) is 9.59 Å². The van der Waals surface area contributed by atoms with Gasteiger partial charge in [0.15, 0.2) is 0 Å². The molecule has 2 aromatic rings. The molecule has 0 saturated heterocycles. The lowest BCUT2D eigenvalue weighted by Crippen LogP contribution is -2.28. The van der Waals surface area contributed by atoms with Crippen molar-refractivity contribution in [3.05, 3.63) is 47.3 Å². The minimum absolute atomic E-state index is 0.0930. The van der Waals surface area contributed by atoms with E-state index in [0.717, 1.165) is 29.8 Å². The summed E-state index contributed by atoms with van der Waals surface area (Å²) >= 11 is 0. The Morgan fingerprint density at radius 1 is 1.19 bits per heavy atom. The summed E-state index contributed by atoms with van der Waals surface area (Å²) in [6, 6.07) is 7.46. The first-order chi connectivity index (χ1) is 12.7. The van der Waals surface area contributed by atoms with Gasteiger partial charge in [0, 0.05) is 17.3 Å². The van der Waals surface area contributed by atoms with Crippen LogP contribution >= 0.6 is 0 Å². The summed E-state index contributed by atoms with van der Waals surface area (Å²) < 4.78 is 1.87. The van der Waals surface area contributed by atoms with Crippen LogP contribution in [-0.4, -0.2) is 21.6 Å². The number of rotatable bonds is 5. The van der Waals surface area contributed by atoms with Gasteiger partial charge in [0.1, 0.15) is 0 Å². The number of benzene rings is 1. The Balaban J connectivity index is 1.64. The molecular weight excluding hydrogens is 340 g/mol. The zero-order valence-electron chi connectivity index (χ0n) is 16.7. The maximum atomic E-state index is 12.7. The molecule has 1 aromatic heterocycles. The van der Waals surface area contributed by atoms with Crippen molar-refractivity contribution in [2.75, 3.05) is 5.32 Å². The summed E-state index contributed by atoms with van der Waals surface area (Å²) in [6.07, 6.45) is 3.59. The molecule has 1 aromatic carbocycles. The first kappa shape index (κ1) is 19.1. The largest absolute Gasteiger partial charge is 0.345 e. The van der Waals surface area contributed by atoms with Crippen LogP contribution in [0.15, 0.2) is 30.5 Å². The second kappa shape index (κ2) is 7.18. The third-order valence-electron chi connectivity index (χ3n) is 4.86. The average Bonchev–Trinajstić information content (AvgIpc) is 3.36. The van der Waals surface area contributed by atoms with Gasteiger partial charge < -0.3 is 10.6 Å². The zero-order chi connectivity index (χ0) is 19.8. The van der Waals surface area contributed by atoms with Crippen LogP contribution in [0.25, 0.3) is 0 Å². The van der Waals surface area contributed by atoms with Crippen LogP contribution in [0.3, 0.4) is 0 Å². The monoisotopic (exact) mass is 368 g/mol. The highest BCUT2D eigenvalue weighted by Gasteiger charge is 2.29. The number of aromatic nitrogens is 2. The minimum atomic E-state index is -0.172. The Bertz CT molecular complexity index is 842. The van der Waals surface area contributed by atoms with Gasteiger partial charge in [0.2, 0.25) is 5.91 Å². The molecule has 1 saturated carbocycles. The normalized spacial score (nSPS) is 15.3. The molecule has 27 heavy (non-hydrogen) atoms. The number of hydrogen-bond acceptors (Lipinski definition) is 3. The molecule has 3 rings (SSSR count). The Hall–Kier alpha value is -2.63. The molecular formula is C21H28N4O2. The number of carbonyl (C=O) groups is 2. The van der Waals surface area contributed by atoms with Crippen molar-refractivity contribution < 1.29 is 9.59 Å². The van der Waals surface area contributed by atoms with Gasteiger partial charge in [-0.3, -0.25) is 14.3 Å². The van der Waals surface area contributed by atoms with Crippen molar-refractivity contribution in [3.63, 3.8) is 0 Å². The van der Waals surface area contributed by atoms with Crippen molar-refractivity contribution in [2.45, 2.75) is 59.0 Å². The van der Waals surface area contributed by atoms with Crippen LogP contribution in [-0.2, 0) is 10.3 Å². The lowest BCUT2D eigenvalue weighted by molar-refractivity contribution is -0.117. The number of nitrogens with one attached hydrogen (secondary N) is 2. The van der Waals surface area contributed by atoms with E-state index in [0.29, 0.717) is 5.56 Å². The van der Waals surface area contributed by atoms with Crippen LogP contribution < -0.4 is 10.6 Å². The van der Waals surface area contributed by atoms with Gasteiger partial charge in [-0.2, -0.15) is 5.10 Å². The van der Waals surface area contributed by atoms with Gasteiger partial charge >= 0.3 is 0 Å². The first-order valence-corrected chi connectivity index (χ1v) is 9.43. The van der Waals surface area contributed by atoms with Crippen LogP contribution in [0, 0.1) is 12.8 Å². The molecule has 0 aliphatic heterocycles. The molecule has 0 spiro atoms. The molecule has 1 unspecified atom stereocenters. The summed E-state index contributed by atoms with van der Waals surface area (Å²) in [5.74, 6) is 0.136. The zero-order valence-corrected chi connectivity index (χ0v) is 16.7. The van der Waals surface area contributed by atoms with E-state index < -0.39 is 0 Å². The van der Waals surface area contributed by atoms with Crippen molar-refractivity contribution >= 4 is 17.5 Å². The summed E-state index contributed by atoms with van der Waals surface area (Å²) in [4.78, 5) is 24.5. The van der Waals surface area contributed by atoms with Crippen LogP contribution in [0.4, 0.5) is 5.69 Å². The summed E-state index contributed by atoms with van der Waals surface area (Å²) in [6.45, 7) is 10.0. The number of nitrogens with zero attached hydrogens (tertiary/aromatic N) is 2. The fraction of sp³-hybridized carbons (Fsp3) is 0.476. The third-order valence-corrected chi connectivity index (χ3v) is 4.86. The predicted octanol–water partition coefficient (Wildman–Crippen LogP) is 3.79. The van der Waals surface area contributed by atoms with Gasteiger partial charge in [0.05, 0.1) is 23.3 Å². The maximum Gasteiger partial charge on any atom is 0.255 e. The molecule has 1 aliphatic rings. The number of amides is 2. The van der Waals surface area contributed by atoms with Crippen molar-refractivity contribution in [3.8, 4) is 0 Å². The van der Waals surface area contributed by atoms with E-state index in [1.807, 2.05) is 42.8 Å². The molecule has 1 aliphatic carbocycles. The van der Waals surface area contributed by atoms with Crippen LogP contribution in [0.2, 0.25) is 0 Å². The van der Waals surface area contributed by atoms with E-state index in [1.54, 1.807) is 6.20 Å². The van der Waals surface area contributed by atoms with Crippen LogP contribution in [0.1, 0.15) is 68.2 Å². The van der Waals surface area contributed by atoms with Crippen molar-refractivity contribution in [2.24, 2.45) is 5.92 Å². The fourth-order valence-electron chi connectivity index (χ4n) is 3.11. The van der Waals surface area contributed by atoms with Crippen LogP contribution in [0.5, 0.6) is 0 Å². The third kappa shape index (κ3) is 4.38. The first-order valence-electron chi connectivity index (χ1n) is 9.43. The van der Waals surface area contributed by atoms with Gasteiger partial charge in [-0.15, -0.1) is 0 Å². The van der Waals surface area contributed by atoms with Gasteiger partial charge in [-0.05, 0) is 65.2 Å². The second-order valence-corrected chi connectivity index (χ2v) is 8.31.